The molecule has 0 aromatic carbocycles. The molecule has 0 heterocycles. The second kappa shape index (κ2) is 8.18. The number of carboxylic acids is 1. The summed E-state index contributed by atoms with van der Waals surface area (Å²) >= 11 is 0. The first kappa shape index (κ1) is 22.0. The molecule has 0 aliphatic heterocycles. The molecule has 13 nitrogen and oxygen atoms in total. The zero-order valence-corrected chi connectivity index (χ0v) is 13.6. The quantitative estimate of drug-likeness (QED) is 0.115. The van der Waals surface area contributed by atoms with Gasteiger partial charge < -0.3 is 40.8 Å². The molecule has 15 heteroatoms. The van der Waals surface area contributed by atoms with Gasteiger partial charge in [0.05, 0.1) is 0 Å². The van der Waals surface area contributed by atoms with Crippen molar-refractivity contribution in [3.05, 3.63) is 0 Å². The smallest absolute Gasteiger partial charge is 0.351 e. The van der Waals surface area contributed by atoms with Crippen molar-refractivity contribution in [2.45, 2.75) is 18.6 Å². The Labute approximate surface area is 130 Å². The summed E-state index contributed by atoms with van der Waals surface area (Å²) in [4.78, 5) is 57.5. The molecule has 1 atom stereocenters. The van der Waals surface area contributed by atoms with Crippen molar-refractivity contribution >= 4 is 27.2 Å². The van der Waals surface area contributed by atoms with E-state index in [0.29, 0.717) is 0 Å². The Hall–Kier alpha value is -1.04. The number of hydrogen-bond acceptors (Lipinski definition) is 6. The number of amides is 2. The molecule has 23 heavy (non-hydrogen) atoms. The van der Waals surface area contributed by atoms with Crippen LogP contribution < -0.4 is 11.1 Å². The first-order valence-electron chi connectivity index (χ1n) is 6.00. The molecule has 0 aromatic heterocycles. The Morgan fingerprint density at radius 3 is 1.83 bits per heavy atom. The van der Waals surface area contributed by atoms with Crippen LogP contribution in [0.15, 0.2) is 0 Å². The molecule has 0 bridgehead atoms. The lowest BCUT2D eigenvalue weighted by Gasteiger charge is -2.36. The van der Waals surface area contributed by atoms with Crippen LogP contribution >= 0.6 is 15.2 Å². The third-order valence-corrected chi connectivity index (χ3v) is 4.00. The molecule has 2 amide bonds. The molecule has 0 aliphatic rings. The summed E-state index contributed by atoms with van der Waals surface area (Å²) in [7, 11) is -9.86. The predicted octanol–water partition coefficient (Wildman–Crippen LogP) is -2.22. The lowest BCUT2D eigenvalue weighted by molar-refractivity contribution is -0.181. The Morgan fingerprint density at radius 1 is 1.09 bits per heavy atom. The van der Waals surface area contributed by atoms with Crippen LogP contribution in [0.2, 0.25) is 0 Å². The SMILES string of the molecule is NC(=O)NCCCC(O)(C(=O)O)N(CP(=O)(O)O)CP(=O)(O)O. The Morgan fingerprint density at radius 2 is 1.52 bits per heavy atom. The van der Waals surface area contributed by atoms with Gasteiger partial charge in [-0.15, -0.1) is 0 Å². The minimum atomic E-state index is -4.93. The van der Waals surface area contributed by atoms with E-state index in [9.17, 15) is 23.8 Å². The largest absolute Gasteiger partial charge is 0.478 e. The maximum atomic E-state index is 11.3. The standard InChI is InChI=1S/C8H19N3O10P2/c9-7(14)10-3-1-2-8(15,6(12)13)11(4-22(16,17)18)5-23(19,20)21/h15H,1-5H2,(H,12,13)(H3,9,10,14)(H2,16,17,18)(H2,19,20,21). The van der Waals surface area contributed by atoms with E-state index in [4.69, 9.17) is 30.4 Å². The van der Waals surface area contributed by atoms with Crippen LogP contribution in [0.5, 0.6) is 0 Å². The lowest BCUT2D eigenvalue weighted by atomic mass is 10.1. The number of hydrogen-bond donors (Lipinski definition) is 8. The van der Waals surface area contributed by atoms with E-state index in [-0.39, 0.29) is 17.9 Å². The number of carboxylic acid groups (broad SMARTS) is 1. The third kappa shape index (κ3) is 8.98. The van der Waals surface area contributed by atoms with E-state index >= 15 is 0 Å². The van der Waals surface area contributed by atoms with Gasteiger partial charge in [0, 0.05) is 13.0 Å². The number of aliphatic hydroxyl groups is 1. The Kier molecular flexibility index (Phi) is 7.81. The molecule has 0 spiro atoms. The van der Waals surface area contributed by atoms with E-state index in [1.165, 1.54) is 0 Å². The number of rotatable bonds is 10. The summed E-state index contributed by atoms with van der Waals surface area (Å²) in [6, 6.07) is -0.911. The summed E-state index contributed by atoms with van der Waals surface area (Å²) in [5.41, 5.74) is 1.83. The highest BCUT2D eigenvalue weighted by Gasteiger charge is 2.46. The molecule has 0 saturated carbocycles. The van der Waals surface area contributed by atoms with Crippen molar-refractivity contribution in [1.82, 2.24) is 10.2 Å². The van der Waals surface area contributed by atoms with Gasteiger partial charge in [-0.3, -0.25) is 9.13 Å². The number of nitrogens with zero attached hydrogens (tertiary/aromatic N) is 1. The average Bonchev–Trinajstić information content (AvgIpc) is 2.29. The second-order valence-corrected chi connectivity index (χ2v) is 7.89. The number of nitrogens with two attached hydrogens (primary N) is 1. The molecule has 0 fully saturated rings. The fourth-order valence-corrected chi connectivity index (χ4v) is 3.39. The van der Waals surface area contributed by atoms with Crippen molar-refractivity contribution in [1.29, 1.82) is 0 Å². The van der Waals surface area contributed by atoms with Crippen molar-refractivity contribution in [2.24, 2.45) is 5.73 Å². The molecule has 0 rings (SSSR count). The first-order valence-corrected chi connectivity index (χ1v) is 9.60. The molecule has 136 valence electrons. The Bertz CT molecular complexity index is 506. The summed E-state index contributed by atoms with van der Waals surface area (Å²) in [5.74, 6) is -1.96. The van der Waals surface area contributed by atoms with Gasteiger partial charge in [-0.2, -0.15) is 0 Å². The molecule has 9 N–H and O–H groups in total. The molecular weight excluding hydrogens is 360 g/mol. The van der Waals surface area contributed by atoms with Crippen LogP contribution in [0.4, 0.5) is 4.79 Å². The van der Waals surface area contributed by atoms with Gasteiger partial charge in [-0.05, 0) is 6.42 Å². The maximum Gasteiger partial charge on any atom is 0.351 e. The van der Waals surface area contributed by atoms with Crippen LogP contribution in [0, 0.1) is 0 Å². The molecule has 0 radical (unpaired) electrons. The molecule has 0 aliphatic carbocycles. The van der Waals surface area contributed by atoms with Crippen molar-refractivity contribution < 1.29 is 48.5 Å². The zero-order valence-electron chi connectivity index (χ0n) is 11.8. The van der Waals surface area contributed by atoms with Gasteiger partial charge >= 0.3 is 27.2 Å². The van der Waals surface area contributed by atoms with Crippen LogP contribution in [0.1, 0.15) is 12.8 Å². The Balaban J connectivity index is 5.32. The zero-order chi connectivity index (χ0) is 18.5. The first-order chi connectivity index (χ1) is 10.2. The van der Waals surface area contributed by atoms with E-state index in [1.807, 2.05) is 0 Å². The van der Waals surface area contributed by atoms with Crippen LogP contribution in [0.25, 0.3) is 0 Å². The van der Waals surface area contributed by atoms with E-state index in [0.717, 1.165) is 0 Å². The summed E-state index contributed by atoms with van der Waals surface area (Å²) in [6.45, 7) is -0.162. The van der Waals surface area contributed by atoms with Gasteiger partial charge in [-0.1, -0.05) is 0 Å². The molecular formula is C8H19N3O10P2. The average molecular weight is 379 g/mol. The highest BCUT2D eigenvalue weighted by Crippen LogP contribution is 2.43. The van der Waals surface area contributed by atoms with E-state index in [1.54, 1.807) is 0 Å². The van der Waals surface area contributed by atoms with Gasteiger partial charge in [-0.25, -0.2) is 14.5 Å². The van der Waals surface area contributed by atoms with Gasteiger partial charge in [0.1, 0.15) is 12.6 Å². The number of primary amides is 1. The van der Waals surface area contributed by atoms with Gasteiger partial charge in [0.25, 0.3) is 0 Å². The van der Waals surface area contributed by atoms with E-state index < -0.39 is 51.9 Å². The number of carbonyl (C=O) groups excluding carboxylic acids is 1. The van der Waals surface area contributed by atoms with E-state index in [2.05, 4.69) is 5.32 Å². The van der Waals surface area contributed by atoms with Crippen molar-refractivity contribution in [2.75, 3.05) is 19.1 Å². The predicted molar refractivity (Wildman–Crippen MR) is 75.1 cm³/mol. The summed E-state index contributed by atoms with van der Waals surface area (Å²) in [6.07, 6.45) is -3.64. The number of carbonyl (C=O) groups is 2. The highest BCUT2D eigenvalue weighted by atomic mass is 31.2. The van der Waals surface area contributed by atoms with Crippen LogP contribution in [-0.4, -0.2) is 71.5 Å². The van der Waals surface area contributed by atoms with Crippen molar-refractivity contribution in [3.8, 4) is 0 Å². The molecule has 0 aromatic rings. The third-order valence-electron chi connectivity index (χ3n) is 2.58. The number of aliphatic carboxylic acids is 1. The van der Waals surface area contributed by atoms with Crippen molar-refractivity contribution in [3.63, 3.8) is 0 Å². The highest BCUT2D eigenvalue weighted by molar-refractivity contribution is 7.52. The number of urea groups is 1. The molecule has 1 unspecified atom stereocenters. The monoisotopic (exact) mass is 379 g/mol. The van der Waals surface area contributed by atoms with Crippen LogP contribution in [-0.2, 0) is 13.9 Å². The topological polar surface area (TPSA) is 231 Å². The number of nitrogens with one attached hydrogen (secondary N) is 1. The van der Waals surface area contributed by atoms with Gasteiger partial charge in [0.2, 0.25) is 5.72 Å². The molecule has 0 saturated heterocycles. The second-order valence-electron chi connectivity index (χ2n) is 4.67. The lowest BCUT2D eigenvalue weighted by Crippen LogP contribution is -2.55. The minimum Gasteiger partial charge on any atom is -0.478 e. The van der Waals surface area contributed by atoms with Crippen LogP contribution in [0.3, 0.4) is 0 Å². The normalized spacial score (nSPS) is 15.2. The summed E-state index contributed by atoms with van der Waals surface area (Å²) < 4.78 is 22.1. The van der Waals surface area contributed by atoms with Gasteiger partial charge in [0.15, 0.2) is 0 Å². The summed E-state index contributed by atoms with van der Waals surface area (Å²) in [5, 5.41) is 21.3. The fraction of sp³-hybridized carbons (Fsp3) is 0.750. The fourth-order valence-electron chi connectivity index (χ4n) is 1.67. The minimum absolute atomic E-state index is 0.0984. The maximum absolute atomic E-state index is 11.3.